The van der Waals surface area contributed by atoms with Gasteiger partial charge in [-0.2, -0.15) is 0 Å². The molecule has 21 nitrogen and oxygen atoms in total. The van der Waals surface area contributed by atoms with Gasteiger partial charge in [0.25, 0.3) is 5.88 Å². The van der Waals surface area contributed by atoms with Crippen molar-refractivity contribution in [3.63, 3.8) is 0 Å². The number of thiazole rings is 1. The zero-order chi connectivity index (χ0) is 55.8. The Kier molecular flexibility index (Phi) is 16.1. The molecule has 1 aliphatic carbocycles. The van der Waals surface area contributed by atoms with E-state index in [1.165, 1.54) is 29.4 Å². The van der Waals surface area contributed by atoms with Crippen molar-refractivity contribution in [3.05, 3.63) is 89.1 Å². The van der Waals surface area contributed by atoms with Crippen LogP contribution in [0.3, 0.4) is 0 Å². The Morgan fingerprint density at radius 1 is 0.938 bits per heavy atom. The number of aromatic nitrogens is 6. The number of aliphatic hydroxyl groups excluding tert-OH is 1. The number of pyridine rings is 2. The number of rotatable bonds is 19. The minimum atomic E-state index is -0.993. The summed E-state index contributed by atoms with van der Waals surface area (Å²) in [5.74, 6) is -0.678. The lowest BCUT2D eigenvalue weighted by Crippen LogP contribution is -2.54. The number of β-amino-alcohol motifs (C(OH)–C–C–N with tert-alkyl or cyclic N) is 1. The van der Waals surface area contributed by atoms with Crippen molar-refractivity contribution >= 4 is 40.3 Å². The molecule has 4 saturated heterocycles. The molecule has 2 bridgehead atoms. The summed E-state index contributed by atoms with van der Waals surface area (Å²) < 4.78 is 45.7. The average molecular weight is 1120 g/mol. The first-order valence-corrected chi connectivity index (χ1v) is 28.5. The SMILES string of the molecule is COc1nc(-c2scnc2C)c(F)cc1[C@H](C)NC(=O)[C@@H]1C[C@@H](O)CN1C(=O)[C@@H](c1cc(OCCN2CCC(OC3CC(Oc4cc(N5C6CCC5CN(c5cc(-c7ccccc7O)nnc5N)C6)ccn4)C3)CC2)no1)C(C)C. The van der Waals surface area contributed by atoms with E-state index in [1.54, 1.807) is 37.6 Å². The number of carbonyl (C=O) groups excluding carboxylic acids is 2. The van der Waals surface area contributed by atoms with Gasteiger partial charge < -0.3 is 59.4 Å². The zero-order valence-corrected chi connectivity index (χ0v) is 46.4. The van der Waals surface area contributed by atoms with Gasteiger partial charge in [0.15, 0.2) is 17.4 Å². The number of nitrogen functional groups attached to an aromatic ring is 1. The number of phenolic OH excluding ortho intramolecular Hbond substituents is 1. The van der Waals surface area contributed by atoms with Crippen LogP contribution in [0.5, 0.6) is 23.4 Å². The predicted octanol–water partition coefficient (Wildman–Crippen LogP) is 6.70. The molecule has 1 aromatic carbocycles. The number of benzene rings is 1. The molecule has 5 aromatic heterocycles. The van der Waals surface area contributed by atoms with Gasteiger partial charge in [0.05, 0.1) is 58.9 Å². The van der Waals surface area contributed by atoms with Crippen LogP contribution in [0.1, 0.15) is 94.7 Å². The van der Waals surface area contributed by atoms with Gasteiger partial charge in [0.1, 0.15) is 36.1 Å². The highest BCUT2D eigenvalue weighted by Gasteiger charge is 2.45. The van der Waals surface area contributed by atoms with E-state index in [0.717, 1.165) is 76.1 Å². The molecule has 5 aliphatic rings. The van der Waals surface area contributed by atoms with Crippen LogP contribution >= 0.6 is 11.3 Å². The Morgan fingerprint density at radius 3 is 2.44 bits per heavy atom. The Bertz CT molecular complexity index is 3160. The Balaban J connectivity index is 0.609. The van der Waals surface area contributed by atoms with E-state index in [-0.39, 0.29) is 78.4 Å². The molecule has 9 heterocycles. The number of hydrogen-bond acceptors (Lipinski definition) is 20. The number of amides is 2. The number of nitrogens with one attached hydrogen (secondary N) is 1. The summed E-state index contributed by atoms with van der Waals surface area (Å²) in [4.78, 5) is 50.5. The van der Waals surface area contributed by atoms with E-state index in [4.69, 9.17) is 29.2 Å². The summed E-state index contributed by atoms with van der Waals surface area (Å²) in [5, 5.41) is 36.8. The zero-order valence-electron chi connectivity index (χ0n) is 45.6. The van der Waals surface area contributed by atoms with E-state index in [1.807, 2.05) is 38.2 Å². The van der Waals surface area contributed by atoms with Crippen LogP contribution in [-0.2, 0) is 14.3 Å². The third kappa shape index (κ3) is 11.5. The number of aliphatic hydroxyl groups is 1. The second-order valence-electron chi connectivity index (χ2n) is 22.0. The highest BCUT2D eigenvalue weighted by Crippen LogP contribution is 2.41. The molecule has 424 valence electrons. The maximum Gasteiger partial charge on any atom is 0.254 e. The lowest BCUT2D eigenvalue weighted by atomic mass is 9.91. The standard InChI is InChI=1S/C57H69FN12O9S/c1-31(2)51(57(74)69-29-37(71)21-46(69)55(73)62-32(3)42-24-43(58)52(63-56(42)75-5)53-33(4)61-30-80-53)48-26-50(66-79-48)76-19-18-67-16-13-38(14-17-67)77-39-22-40(23-39)78-49-20-34(12-15-60-49)70-35-10-11-36(70)28-68(27-35)45-25-44(64-65-54(45)59)41-8-6-7-9-47(41)72/h6-9,12,15,20,24-26,30-32,35-40,46,51,71-72H,10-11,13-14,16-19,21-23,27-29H2,1-5H3,(H2,59,65)(H,62,73)/t32-,35?,36?,37+,39?,40?,46-,51+/m0/s1. The van der Waals surface area contributed by atoms with Gasteiger partial charge in [-0.05, 0) is 80.9 Å². The van der Waals surface area contributed by atoms with Crippen LogP contribution in [0.15, 0.2) is 70.8 Å². The van der Waals surface area contributed by atoms with Crippen molar-refractivity contribution < 1.29 is 47.7 Å². The van der Waals surface area contributed by atoms with Crippen LogP contribution in [-0.4, -0.2) is 158 Å². The maximum atomic E-state index is 15.5. The molecular formula is C57H69FN12O9S. The number of anilines is 3. The predicted molar refractivity (Wildman–Crippen MR) is 296 cm³/mol. The topological polar surface area (TPSA) is 253 Å². The summed E-state index contributed by atoms with van der Waals surface area (Å²) in [5.41, 5.74) is 12.2. The molecule has 6 aromatic rings. The number of halogens is 1. The number of nitrogens with two attached hydrogens (primary N) is 1. The van der Waals surface area contributed by atoms with Gasteiger partial charge in [-0.15, -0.1) is 21.5 Å². The fourth-order valence-electron chi connectivity index (χ4n) is 12.1. The van der Waals surface area contributed by atoms with Crippen molar-refractivity contribution in [2.45, 2.75) is 127 Å². The lowest BCUT2D eigenvalue weighted by Gasteiger charge is -2.43. The quantitative estimate of drug-likeness (QED) is 0.0659. The Hall–Kier alpha value is -7.21. The minimum Gasteiger partial charge on any atom is -0.507 e. The van der Waals surface area contributed by atoms with Crippen LogP contribution < -0.4 is 35.1 Å². The number of carbonyl (C=O) groups is 2. The molecule has 2 unspecified atom stereocenters. The first-order chi connectivity index (χ1) is 38.7. The molecule has 0 radical (unpaired) electrons. The van der Waals surface area contributed by atoms with Gasteiger partial charge in [0, 0.05) is 106 Å². The molecule has 2 amide bonds. The van der Waals surface area contributed by atoms with Crippen molar-refractivity contribution in [1.29, 1.82) is 0 Å². The normalized spacial score (nSPS) is 23.0. The number of methoxy groups -OCH3 is 1. The van der Waals surface area contributed by atoms with Crippen LogP contribution in [0.25, 0.3) is 21.8 Å². The van der Waals surface area contributed by atoms with Crippen molar-refractivity contribution in [2.24, 2.45) is 5.92 Å². The summed E-state index contributed by atoms with van der Waals surface area (Å²) in [6.45, 7) is 11.5. The van der Waals surface area contributed by atoms with Gasteiger partial charge in [-0.1, -0.05) is 26.0 Å². The average Bonchev–Trinajstić information content (AvgIpc) is 4.30. The second kappa shape index (κ2) is 23.5. The van der Waals surface area contributed by atoms with Crippen LogP contribution in [0.4, 0.5) is 21.6 Å². The number of nitrogens with zero attached hydrogens (tertiary/aromatic N) is 10. The molecule has 11 rings (SSSR count). The fraction of sp³-hybridized carbons (Fsp3) is 0.509. The van der Waals surface area contributed by atoms with E-state index in [0.29, 0.717) is 58.0 Å². The number of fused-ring (bicyclic) bond motifs is 2. The highest BCUT2D eigenvalue weighted by atomic mass is 32.1. The molecule has 5 fully saturated rings. The van der Waals surface area contributed by atoms with Crippen molar-refractivity contribution in [1.82, 2.24) is 45.4 Å². The molecule has 23 heteroatoms. The largest absolute Gasteiger partial charge is 0.507 e. The summed E-state index contributed by atoms with van der Waals surface area (Å²) in [6, 6.07) is 14.9. The maximum absolute atomic E-state index is 15.5. The van der Waals surface area contributed by atoms with Gasteiger partial charge in [-0.3, -0.25) is 14.5 Å². The number of piperidine rings is 1. The van der Waals surface area contributed by atoms with Crippen molar-refractivity contribution in [2.75, 3.05) is 68.5 Å². The van der Waals surface area contributed by atoms with E-state index in [2.05, 4.69) is 62.5 Å². The number of hydrogen-bond donors (Lipinski definition) is 4. The third-order valence-corrected chi connectivity index (χ3v) is 17.2. The summed E-state index contributed by atoms with van der Waals surface area (Å²) in [6.07, 6.45) is 6.84. The molecular weight excluding hydrogens is 1050 g/mol. The highest BCUT2D eigenvalue weighted by molar-refractivity contribution is 7.13. The number of piperazine rings is 1. The third-order valence-electron chi connectivity index (χ3n) is 16.3. The van der Waals surface area contributed by atoms with Gasteiger partial charge in [0.2, 0.25) is 23.6 Å². The molecule has 4 aliphatic heterocycles. The molecule has 0 spiro atoms. The molecule has 6 atom stereocenters. The van der Waals surface area contributed by atoms with E-state index >= 15 is 4.39 Å². The number of aryl methyl sites for hydroxylation is 1. The number of phenols is 1. The monoisotopic (exact) mass is 1120 g/mol. The Morgan fingerprint density at radius 2 is 1.71 bits per heavy atom. The van der Waals surface area contributed by atoms with Crippen LogP contribution in [0.2, 0.25) is 0 Å². The van der Waals surface area contributed by atoms with E-state index in [9.17, 15) is 19.8 Å². The fourth-order valence-corrected chi connectivity index (χ4v) is 12.9. The summed E-state index contributed by atoms with van der Waals surface area (Å²) in [7, 11) is 1.42. The second-order valence-corrected chi connectivity index (χ2v) is 22.9. The van der Waals surface area contributed by atoms with Gasteiger partial charge >= 0.3 is 0 Å². The number of aromatic hydroxyl groups is 1. The van der Waals surface area contributed by atoms with Crippen molar-refractivity contribution in [3.8, 4) is 45.2 Å². The Labute approximate surface area is 467 Å². The first-order valence-electron chi connectivity index (χ1n) is 27.7. The molecule has 5 N–H and O–H groups in total. The number of para-hydroxylation sites is 1. The van der Waals surface area contributed by atoms with E-state index < -0.39 is 35.8 Å². The molecule has 1 saturated carbocycles. The smallest absolute Gasteiger partial charge is 0.254 e. The number of ether oxygens (including phenoxy) is 4. The summed E-state index contributed by atoms with van der Waals surface area (Å²) >= 11 is 1.27. The lowest BCUT2D eigenvalue weighted by molar-refractivity contribution is -0.141. The number of likely N-dealkylation sites (tertiary alicyclic amines) is 2. The van der Waals surface area contributed by atoms with Gasteiger partial charge in [-0.25, -0.2) is 19.3 Å². The minimum absolute atomic E-state index is 0.0270. The van der Waals surface area contributed by atoms with Crippen LogP contribution in [0, 0.1) is 18.7 Å². The molecule has 80 heavy (non-hydrogen) atoms. The first kappa shape index (κ1) is 54.7.